The summed E-state index contributed by atoms with van der Waals surface area (Å²) >= 11 is 1.83. The fraction of sp³-hybridized carbons (Fsp3) is 0.231. The van der Waals surface area contributed by atoms with E-state index >= 15 is 0 Å². The number of aryl methyl sites for hydroxylation is 1. The predicted octanol–water partition coefficient (Wildman–Crippen LogP) is 4.28. The third kappa shape index (κ3) is 1.29. The Morgan fingerprint density at radius 1 is 1.27 bits per heavy atom. The second-order valence-corrected chi connectivity index (χ2v) is 4.91. The Labute approximate surface area is 93.1 Å². The SMILES string of the molecule is CC1=CCc2scc(-c3ccc(C)o3)c21. The molecule has 2 heteroatoms. The largest absolute Gasteiger partial charge is 0.461 e. The van der Waals surface area contributed by atoms with Gasteiger partial charge in [0.05, 0.1) is 0 Å². The number of fused-ring (bicyclic) bond motifs is 1. The Morgan fingerprint density at radius 2 is 2.13 bits per heavy atom. The lowest BCUT2D eigenvalue weighted by atomic mass is 10.1. The van der Waals surface area contributed by atoms with E-state index in [0.717, 1.165) is 17.9 Å². The number of thiophene rings is 1. The van der Waals surface area contributed by atoms with Gasteiger partial charge in [-0.3, -0.25) is 0 Å². The minimum Gasteiger partial charge on any atom is -0.461 e. The molecule has 0 atom stereocenters. The maximum absolute atomic E-state index is 5.68. The average molecular weight is 216 g/mol. The second kappa shape index (κ2) is 3.11. The standard InChI is InChI=1S/C13H12OS/c1-8-3-6-12-13(8)10(7-15-12)11-5-4-9(2)14-11/h3-5,7H,6H2,1-2H3. The molecule has 0 N–H and O–H groups in total. The quantitative estimate of drug-likeness (QED) is 0.693. The topological polar surface area (TPSA) is 13.1 Å². The van der Waals surface area contributed by atoms with Gasteiger partial charge in [-0.15, -0.1) is 11.3 Å². The molecule has 2 aromatic rings. The molecule has 3 rings (SSSR count). The van der Waals surface area contributed by atoms with Crippen molar-refractivity contribution in [1.29, 1.82) is 0 Å². The fourth-order valence-corrected chi connectivity index (χ4v) is 3.15. The van der Waals surface area contributed by atoms with Crippen molar-refractivity contribution in [2.45, 2.75) is 20.3 Å². The molecule has 76 valence electrons. The van der Waals surface area contributed by atoms with Crippen LogP contribution in [-0.2, 0) is 6.42 Å². The number of hydrogen-bond donors (Lipinski definition) is 0. The van der Waals surface area contributed by atoms with E-state index in [9.17, 15) is 0 Å². The molecule has 0 fully saturated rings. The van der Waals surface area contributed by atoms with Gasteiger partial charge in [0.15, 0.2) is 0 Å². The van der Waals surface area contributed by atoms with Crippen molar-refractivity contribution in [3.63, 3.8) is 0 Å². The van der Waals surface area contributed by atoms with Crippen LogP contribution in [0.15, 0.2) is 28.0 Å². The third-order valence-electron chi connectivity index (χ3n) is 2.86. The third-order valence-corrected chi connectivity index (χ3v) is 3.87. The second-order valence-electron chi connectivity index (χ2n) is 3.95. The summed E-state index contributed by atoms with van der Waals surface area (Å²) in [7, 11) is 0. The van der Waals surface area contributed by atoms with Crippen LogP contribution in [-0.4, -0.2) is 0 Å². The van der Waals surface area contributed by atoms with Crippen molar-refractivity contribution >= 4 is 16.9 Å². The van der Waals surface area contributed by atoms with Gasteiger partial charge >= 0.3 is 0 Å². The molecule has 1 nitrogen and oxygen atoms in total. The molecule has 1 aliphatic carbocycles. The van der Waals surface area contributed by atoms with E-state index in [4.69, 9.17) is 4.42 Å². The lowest BCUT2D eigenvalue weighted by molar-refractivity contribution is 0.548. The molecule has 15 heavy (non-hydrogen) atoms. The van der Waals surface area contributed by atoms with E-state index in [1.165, 1.54) is 21.6 Å². The predicted molar refractivity (Wildman–Crippen MR) is 64.1 cm³/mol. The van der Waals surface area contributed by atoms with Crippen molar-refractivity contribution < 1.29 is 4.42 Å². The molecule has 0 aromatic carbocycles. The van der Waals surface area contributed by atoms with Crippen LogP contribution in [0.5, 0.6) is 0 Å². The summed E-state index contributed by atoms with van der Waals surface area (Å²) < 4.78 is 5.68. The first-order valence-corrected chi connectivity index (χ1v) is 5.98. The lowest BCUT2D eigenvalue weighted by Gasteiger charge is -1.99. The molecule has 2 heterocycles. The Hall–Kier alpha value is -1.28. The van der Waals surface area contributed by atoms with Gasteiger partial charge < -0.3 is 4.42 Å². The number of hydrogen-bond acceptors (Lipinski definition) is 2. The maximum atomic E-state index is 5.68. The van der Waals surface area contributed by atoms with Crippen LogP contribution in [0, 0.1) is 6.92 Å². The molecular formula is C13H12OS. The molecule has 0 bridgehead atoms. The highest BCUT2D eigenvalue weighted by atomic mass is 32.1. The van der Waals surface area contributed by atoms with Crippen molar-refractivity contribution in [1.82, 2.24) is 0 Å². The summed E-state index contributed by atoms with van der Waals surface area (Å²) in [6.07, 6.45) is 3.38. The molecule has 1 aliphatic rings. The molecule has 0 saturated carbocycles. The zero-order valence-corrected chi connectivity index (χ0v) is 9.65. The van der Waals surface area contributed by atoms with Crippen molar-refractivity contribution in [3.8, 4) is 11.3 Å². The molecular weight excluding hydrogens is 204 g/mol. The van der Waals surface area contributed by atoms with Crippen LogP contribution in [0.2, 0.25) is 0 Å². The van der Waals surface area contributed by atoms with Gasteiger partial charge in [-0.2, -0.15) is 0 Å². The number of allylic oxidation sites excluding steroid dienone is 2. The number of furan rings is 1. The van der Waals surface area contributed by atoms with Gasteiger partial charge in [-0.1, -0.05) is 6.08 Å². The van der Waals surface area contributed by atoms with Crippen LogP contribution >= 0.6 is 11.3 Å². The summed E-state index contributed by atoms with van der Waals surface area (Å²) in [6, 6.07) is 4.08. The normalized spacial score (nSPS) is 14.1. The van der Waals surface area contributed by atoms with E-state index in [1.54, 1.807) is 0 Å². The zero-order valence-electron chi connectivity index (χ0n) is 8.83. The van der Waals surface area contributed by atoms with Gasteiger partial charge in [-0.05, 0) is 31.6 Å². The number of rotatable bonds is 1. The Bertz CT molecular complexity index is 543. The average Bonchev–Trinajstić information content (AvgIpc) is 2.84. The molecule has 0 spiro atoms. The molecule has 0 radical (unpaired) electrons. The lowest BCUT2D eigenvalue weighted by Crippen LogP contribution is -1.78. The van der Waals surface area contributed by atoms with E-state index in [2.05, 4.69) is 24.4 Å². The summed E-state index contributed by atoms with van der Waals surface area (Å²) in [4.78, 5) is 1.47. The van der Waals surface area contributed by atoms with Crippen molar-refractivity contribution in [2.75, 3.05) is 0 Å². The van der Waals surface area contributed by atoms with Gasteiger partial charge in [0.1, 0.15) is 11.5 Å². The van der Waals surface area contributed by atoms with Gasteiger partial charge in [0, 0.05) is 27.8 Å². The van der Waals surface area contributed by atoms with Crippen LogP contribution in [0.4, 0.5) is 0 Å². The van der Waals surface area contributed by atoms with Gasteiger partial charge in [-0.25, -0.2) is 0 Å². The zero-order chi connectivity index (χ0) is 10.4. The minimum absolute atomic E-state index is 0.976. The van der Waals surface area contributed by atoms with Crippen LogP contribution in [0.25, 0.3) is 16.9 Å². The summed E-state index contributed by atoms with van der Waals surface area (Å²) in [5.41, 5.74) is 4.04. The van der Waals surface area contributed by atoms with Crippen LogP contribution < -0.4 is 0 Å². The fourth-order valence-electron chi connectivity index (χ4n) is 2.09. The van der Waals surface area contributed by atoms with Gasteiger partial charge in [0.25, 0.3) is 0 Å². The first kappa shape index (κ1) is 8.98. The van der Waals surface area contributed by atoms with E-state index in [0.29, 0.717) is 0 Å². The minimum atomic E-state index is 0.976. The molecule has 0 unspecified atom stereocenters. The first-order chi connectivity index (χ1) is 7.25. The van der Waals surface area contributed by atoms with Crippen LogP contribution in [0.3, 0.4) is 0 Å². The molecule has 0 aliphatic heterocycles. The molecule has 2 aromatic heterocycles. The summed E-state index contributed by atoms with van der Waals surface area (Å²) in [5.74, 6) is 1.98. The van der Waals surface area contributed by atoms with E-state index in [1.807, 2.05) is 24.3 Å². The smallest absolute Gasteiger partial charge is 0.135 e. The first-order valence-electron chi connectivity index (χ1n) is 5.10. The monoisotopic (exact) mass is 216 g/mol. The maximum Gasteiger partial charge on any atom is 0.135 e. The molecule has 0 saturated heterocycles. The summed E-state index contributed by atoms with van der Waals surface area (Å²) in [6.45, 7) is 4.16. The highest BCUT2D eigenvalue weighted by Crippen LogP contribution is 2.40. The van der Waals surface area contributed by atoms with E-state index < -0.39 is 0 Å². The highest BCUT2D eigenvalue weighted by Gasteiger charge is 2.19. The van der Waals surface area contributed by atoms with Gasteiger partial charge in [0.2, 0.25) is 0 Å². The van der Waals surface area contributed by atoms with E-state index in [-0.39, 0.29) is 0 Å². The van der Waals surface area contributed by atoms with Crippen molar-refractivity contribution in [3.05, 3.63) is 39.8 Å². The highest BCUT2D eigenvalue weighted by molar-refractivity contribution is 7.10. The Kier molecular flexibility index (Phi) is 1.86. The molecule has 0 amide bonds. The van der Waals surface area contributed by atoms with Crippen molar-refractivity contribution in [2.24, 2.45) is 0 Å². The van der Waals surface area contributed by atoms with Crippen LogP contribution in [0.1, 0.15) is 23.1 Å². The Morgan fingerprint density at radius 3 is 2.87 bits per heavy atom. The summed E-state index contributed by atoms with van der Waals surface area (Å²) in [5, 5.41) is 2.21. The Balaban J connectivity index is 2.18.